The van der Waals surface area contributed by atoms with Crippen molar-refractivity contribution in [3.05, 3.63) is 17.5 Å². The summed E-state index contributed by atoms with van der Waals surface area (Å²) in [5.74, 6) is 1.51. The molecule has 2 aliphatic rings. The Kier molecular flexibility index (Phi) is 3.76. The lowest BCUT2D eigenvalue weighted by atomic mass is 9.78. The summed E-state index contributed by atoms with van der Waals surface area (Å²) in [6.45, 7) is 1.87. The molecular formula is C14H21N3O3. The standard InChI is InChI=1S/C14H21N3O3/c1-19-8-10-5-13(16-20-10)14(18)17-6-9-3-2-4-12(15)11(9)7-17/h5,9,11-12H,2-4,6-8,15H2,1H3. The summed E-state index contributed by atoms with van der Waals surface area (Å²) in [5.41, 5.74) is 6.54. The van der Waals surface area contributed by atoms with Gasteiger partial charge in [0.2, 0.25) is 0 Å². The minimum absolute atomic E-state index is 0.0577. The van der Waals surface area contributed by atoms with Gasteiger partial charge in [-0.05, 0) is 24.7 Å². The molecule has 2 N–H and O–H groups in total. The van der Waals surface area contributed by atoms with Crippen LogP contribution in [0.2, 0.25) is 0 Å². The minimum Gasteiger partial charge on any atom is -0.377 e. The number of ether oxygens (including phenoxy) is 1. The lowest BCUT2D eigenvalue weighted by Gasteiger charge is -2.29. The zero-order valence-corrected chi connectivity index (χ0v) is 11.7. The molecule has 3 unspecified atom stereocenters. The molecule has 20 heavy (non-hydrogen) atoms. The van der Waals surface area contributed by atoms with Crippen molar-refractivity contribution in [2.45, 2.75) is 31.9 Å². The van der Waals surface area contributed by atoms with E-state index in [0.717, 1.165) is 19.5 Å². The Bertz CT molecular complexity index is 488. The molecule has 2 fully saturated rings. The van der Waals surface area contributed by atoms with Crippen LogP contribution in [0.15, 0.2) is 10.6 Å². The van der Waals surface area contributed by atoms with Gasteiger partial charge in [0.25, 0.3) is 5.91 Å². The number of nitrogens with two attached hydrogens (primary N) is 1. The third-order valence-electron chi connectivity index (χ3n) is 4.51. The first-order valence-corrected chi connectivity index (χ1v) is 7.18. The molecule has 1 saturated carbocycles. The minimum atomic E-state index is -0.0577. The number of hydrogen-bond acceptors (Lipinski definition) is 5. The molecule has 6 heteroatoms. The lowest BCUT2D eigenvalue weighted by Crippen LogP contribution is -2.38. The van der Waals surface area contributed by atoms with Crippen molar-refractivity contribution in [3.8, 4) is 0 Å². The third kappa shape index (κ3) is 2.45. The highest BCUT2D eigenvalue weighted by Crippen LogP contribution is 2.35. The molecule has 1 amide bonds. The van der Waals surface area contributed by atoms with Crippen LogP contribution in [0.25, 0.3) is 0 Å². The molecule has 0 bridgehead atoms. The molecule has 1 aliphatic carbocycles. The molecule has 1 aromatic rings. The Morgan fingerprint density at radius 1 is 1.55 bits per heavy atom. The molecule has 0 aromatic carbocycles. The molecule has 3 rings (SSSR count). The predicted octanol–water partition coefficient (Wildman–Crippen LogP) is 1.02. The van der Waals surface area contributed by atoms with Crippen LogP contribution in [-0.2, 0) is 11.3 Å². The van der Waals surface area contributed by atoms with Crippen molar-refractivity contribution < 1.29 is 14.1 Å². The van der Waals surface area contributed by atoms with Crippen molar-refractivity contribution in [1.82, 2.24) is 10.1 Å². The number of fused-ring (bicyclic) bond motifs is 1. The molecule has 0 spiro atoms. The quantitative estimate of drug-likeness (QED) is 0.893. The van der Waals surface area contributed by atoms with Crippen LogP contribution in [0.1, 0.15) is 35.5 Å². The monoisotopic (exact) mass is 279 g/mol. The van der Waals surface area contributed by atoms with Crippen molar-refractivity contribution in [2.24, 2.45) is 17.6 Å². The summed E-state index contributed by atoms with van der Waals surface area (Å²) in [7, 11) is 1.58. The highest BCUT2D eigenvalue weighted by molar-refractivity contribution is 5.92. The van der Waals surface area contributed by atoms with E-state index in [9.17, 15) is 4.79 Å². The number of methoxy groups -OCH3 is 1. The number of aromatic nitrogens is 1. The van der Waals surface area contributed by atoms with Crippen LogP contribution in [0.4, 0.5) is 0 Å². The second-order valence-corrected chi connectivity index (χ2v) is 5.84. The summed E-state index contributed by atoms with van der Waals surface area (Å²) in [5, 5.41) is 3.84. The number of carbonyl (C=O) groups excluding carboxylic acids is 1. The van der Waals surface area contributed by atoms with E-state index in [1.807, 2.05) is 4.90 Å². The fraction of sp³-hybridized carbons (Fsp3) is 0.714. The Labute approximate surface area is 118 Å². The van der Waals surface area contributed by atoms with Gasteiger partial charge in [-0.25, -0.2) is 0 Å². The van der Waals surface area contributed by atoms with Crippen molar-refractivity contribution in [1.29, 1.82) is 0 Å². The van der Waals surface area contributed by atoms with Crippen LogP contribution in [-0.4, -0.2) is 42.2 Å². The Balaban J connectivity index is 1.68. The highest BCUT2D eigenvalue weighted by Gasteiger charge is 2.41. The van der Waals surface area contributed by atoms with Crippen LogP contribution in [0.3, 0.4) is 0 Å². The summed E-state index contributed by atoms with van der Waals surface area (Å²) >= 11 is 0. The maximum Gasteiger partial charge on any atom is 0.276 e. The average molecular weight is 279 g/mol. The number of rotatable bonds is 3. The number of likely N-dealkylation sites (tertiary alicyclic amines) is 1. The van der Waals surface area contributed by atoms with E-state index < -0.39 is 0 Å². The van der Waals surface area contributed by atoms with Crippen molar-refractivity contribution >= 4 is 5.91 Å². The van der Waals surface area contributed by atoms with E-state index in [1.54, 1.807) is 13.2 Å². The van der Waals surface area contributed by atoms with Gasteiger partial charge < -0.3 is 19.9 Å². The summed E-state index contributed by atoms with van der Waals surface area (Å²) in [4.78, 5) is 14.3. The van der Waals surface area contributed by atoms with Gasteiger partial charge in [0.1, 0.15) is 6.61 Å². The van der Waals surface area contributed by atoms with Gasteiger partial charge in [-0.2, -0.15) is 0 Å². The van der Waals surface area contributed by atoms with Gasteiger partial charge >= 0.3 is 0 Å². The number of amides is 1. The van der Waals surface area contributed by atoms with E-state index in [-0.39, 0.29) is 11.9 Å². The maximum atomic E-state index is 12.4. The van der Waals surface area contributed by atoms with Gasteiger partial charge in [-0.3, -0.25) is 4.79 Å². The van der Waals surface area contributed by atoms with Gasteiger partial charge in [0.15, 0.2) is 11.5 Å². The van der Waals surface area contributed by atoms with E-state index in [4.69, 9.17) is 15.0 Å². The van der Waals surface area contributed by atoms with Gasteiger partial charge in [-0.15, -0.1) is 0 Å². The first-order valence-electron chi connectivity index (χ1n) is 7.18. The van der Waals surface area contributed by atoms with Crippen LogP contribution in [0.5, 0.6) is 0 Å². The van der Waals surface area contributed by atoms with E-state index in [0.29, 0.717) is 29.9 Å². The SMILES string of the molecule is COCc1cc(C(=O)N2CC3CCCC(N)C3C2)no1. The molecule has 110 valence electrons. The largest absolute Gasteiger partial charge is 0.377 e. The Morgan fingerprint density at radius 2 is 2.40 bits per heavy atom. The van der Waals surface area contributed by atoms with Crippen LogP contribution in [0, 0.1) is 11.8 Å². The van der Waals surface area contributed by atoms with E-state index >= 15 is 0 Å². The zero-order valence-electron chi connectivity index (χ0n) is 11.7. The van der Waals surface area contributed by atoms with E-state index in [2.05, 4.69) is 5.16 Å². The van der Waals surface area contributed by atoms with Crippen molar-refractivity contribution in [3.63, 3.8) is 0 Å². The zero-order chi connectivity index (χ0) is 14.1. The number of carbonyl (C=O) groups is 1. The fourth-order valence-electron chi connectivity index (χ4n) is 3.47. The number of hydrogen-bond donors (Lipinski definition) is 1. The number of nitrogens with zero attached hydrogens (tertiary/aromatic N) is 2. The second kappa shape index (κ2) is 5.54. The Morgan fingerprint density at radius 3 is 3.15 bits per heavy atom. The first-order chi connectivity index (χ1) is 9.69. The van der Waals surface area contributed by atoms with Gasteiger partial charge in [-0.1, -0.05) is 11.6 Å². The molecule has 1 aliphatic heterocycles. The lowest BCUT2D eigenvalue weighted by molar-refractivity contribution is 0.0772. The Hall–Kier alpha value is -1.40. The molecule has 1 aromatic heterocycles. The van der Waals surface area contributed by atoms with E-state index in [1.165, 1.54) is 12.8 Å². The summed E-state index contributed by atoms with van der Waals surface area (Å²) in [6, 6.07) is 1.89. The van der Waals surface area contributed by atoms with Gasteiger partial charge in [0.05, 0.1) is 0 Å². The highest BCUT2D eigenvalue weighted by atomic mass is 16.5. The summed E-state index contributed by atoms with van der Waals surface area (Å²) < 4.78 is 10.0. The molecule has 2 heterocycles. The summed E-state index contributed by atoms with van der Waals surface area (Å²) in [6.07, 6.45) is 3.42. The van der Waals surface area contributed by atoms with Crippen LogP contribution >= 0.6 is 0 Å². The smallest absolute Gasteiger partial charge is 0.276 e. The molecule has 0 radical (unpaired) electrons. The molecule has 1 saturated heterocycles. The maximum absolute atomic E-state index is 12.4. The third-order valence-corrected chi connectivity index (χ3v) is 4.51. The molecular weight excluding hydrogens is 258 g/mol. The normalized spacial score (nSPS) is 29.5. The molecule has 6 nitrogen and oxygen atoms in total. The van der Waals surface area contributed by atoms with Crippen molar-refractivity contribution in [2.75, 3.05) is 20.2 Å². The second-order valence-electron chi connectivity index (χ2n) is 5.84. The molecule has 3 atom stereocenters. The topological polar surface area (TPSA) is 81.6 Å². The average Bonchev–Trinajstić information content (AvgIpc) is 3.05. The van der Waals surface area contributed by atoms with Crippen LogP contribution < -0.4 is 5.73 Å². The van der Waals surface area contributed by atoms with Gasteiger partial charge in [0, 0.05) is 32.3 Å². The fourth-order valence-corrected chi connectivity index (χ4v) is 3.47. The predicted molar refractivity (Wildman–Crippen MR) is 71.9 cm³/mol. The first kappa shape index (κ1) is 13.6.